The van der Waals surface area contributed by atoms with Gasteiger partial charge in [-0.15, -0.1) is 0 Å². The fraction of sp³-hybridized carbons (Fsp3) is 0.611. The lowest BCUT2D eigenvalue weighted by Crippen LogP contribution is -2.57. The first-order valence-corrected chi connectivity index (χ1v) is 8.82. The summed E-state index contributed by atoms with van der Waals surface area (Å²) in [5.41, 5.74) is 1.29. The fourth-order valence-corrected chi connectivity index (χ4v) is 3.14. The zero-order valence-electron chi connectivity index (χ0n) is 15.1. The number of likely N-dealkylation sites (N-methyl/N-ethyl adjacent to an activating group) is 1. The number of nitrogens with one attached hydrogen (secondary N) is 2. The van der Waals surface area contributed by atoms with Crippen LogP contribution in [0.2, 0.25) is 5.02 Å². The van der Waals surface area contributed by atoms with Crippen LogP contribution < -0.4 is 10.6 Å². The molecule has 1 unspecified atom stereocenters. The maximum absolute atomic E-state index is 5.96. The first-order valence-electron chi connectivity index (χ1n) is 8.45. The molecule has 1 saturated heterocycles. The highest BCUT2D eigenvalue weighted by molar-refractivity contribution is 6.30. The van der Waals surface area contributed by atoms with Gasteiger partial charge in [-0.05, 0) is 51.6 Å². The van der Waals surface area contributed by atoms with E-state index in [9.17, 15) is 0 Å². The normalized spacial score (nSPS) is 19.2. The third-order valence-corrected chi connectivity index (χ3v) is 5.16. The van der Waals surface area contributed by atoms with Gasteiger partial charge in [0.1, 0.15) is 0 Å². The van der Waals surface area contributed by atoms with E-state index in [0.29, 0.717) is 0 Å². The third-order valence-electron chi connectivity index (χ3n) is 4.90. The molecule has 0 aromatic heterocycles. The van der Waals surface area contributed by atoms with Crippen LogP contribution in [0.4, 0.5) is 0 Å². The van der Waals surface area contributed by atoms with Crippen molar-refractivity contribution < 1.29 is 4.74 Å². The first kappa shape index (κ1) is 19.0. The van der Waals surface area contributed by atoms with Crippen molar-refractivity contribution in [2.75, 3.05) is 40.9 Å². The van der Waals surface area contributed by atoms with Crippen LogP contribution in [0.3, 0.4) is 0 Å². The molecule has 0 radical (unpaired) electrons. The number of rotatable bonds is 5. The van der Waals surface area contributed by atoms with Gasteiger partial charge >= 0.3 is 0 Å². The number of guanidine groups is 1. The Hall–Kier alpha value is -1.30. The van der Waals surface area contributed by atoms with E-state index in [1.54, 1.807) is 7.05 Å². The van der Waals surface area contributed by atoms with Crippen LogP contribution in [-0.4, -0.2) is 57.3 Å². The molecule has 2 rings (SSSR count). The van der Waals surface area contributed by atoms with Crippen LogP contribution in [0.1, 0.15) is 31.4 Å². The van der Waals surface area contributed by atoms with Crippen LogP contribution in [-0.2, 0) is 4.74 Å². The highest BCUT2D eigenvalue weighted by Crippen LogP contribution is 2.25. The van der Waals surface area contributed by atoms with E-state index < -0.39 is 0 Å². The number of hydrogen-bond acceptors (Lipinski definition) is 3. The van der Waals surface area contributed by atoms with Crippen LogP contribution in [0.25, 0.3) is 0 Å². The van der Waals surface area contributed by atoms with Gasteiger partial charge in [-0.1, -0.05) is 23.7 Å². The SMILES string of the molecule is CN=C(NCC1(N(C)C)CCOCC1)NC(C)c1ccc(Cl)cc1. The Labute approximate surface area is 150 Å². The van der Waals surface area contributed by atoms with E-state index >= 15 is 0 Å². The monoisotopic (exact) mass is 352 g/mol. The Kier molecular flexibility index (Phi) is 6.90. The van der Waals surface area contributed by atoms with Crippen LogP contribution >= 0.6 is 11.6 Å². The Morgan fingerprint density at radius 3 is 2.46 bits per heavy atom. The smallest absolute Gasteiger partial charge is 0.191 e. The molecule has 1 atom stereocenters. The Morgan fingerprint density at radius 2 is 1.92 bits per heavy atom. The van der Waals surface area contributed by atoms with E-state index in [1.165, 1.54) is 5.56 Å². The van der Waals surface area contributed by atoms with Gasteiger partial charge in [0.05, 0.1) is 6.04 Å². The molecule has 2 N–H and O–H groups in total. The topological polar surface area (TPSA) is 48.9 Å². The van der Waals surface area contributed by atoms with Gasteiger partial charge in [0.15, 0.2) is 5.96 Å². The summed E-state index contributed by atoms with van der Waals surface area (Å²) in [6.45, 7) is 4.59. The van der Waals surface area contributed by atoms with Crippen LogP contribution in [0, 0.1) is 0 Å². The summed E-state index contributed by atoms with van der Waals surface area (Å²) in [6.07, 6.45) is 2.05. The average Bonchev–Trinajstić information content (AvgIpc) is 2.59. The van der Waals surface area contributed by atoms with E-state index in [2.05, 4.69) is 41.5 Å². The molecule has 5 nitrogen and oxygen atoms in total. The van der Waals surface area contributed by atoms with Crippen molar-refractivity contribution in [1.82, 2.24) is 15.5 Å². The second-order valence-corrected chi connectivity index (χ2v) is 7.01. The highest BCUT2D eigenvalue weighted by atomic mass is 35.5. The Bertz CT molecular complexity index is 538. The van der Waals surface area contributed by atoms with Crippen molar-refractivity contribution in [2.45, 2.75) is 31.3 Å². The lowest BCUT2D eigenvalue weighted by molar-refractivity contribution is -0.00502. The molecular formula is C18H29ClN4O. The third kappa shape index (κ3) is 4.85. The largest absolute Gasteiger partial charge is 0.381 e. The van der Waals surface area contributed by atoms with E-state index in [1.807, 2.05) is 24.3 Å². The number of benzene rings is 1. The molecule has 1 aromatic rings. The van der Waals surface area contributed by atoms with Crippen molar-refractivity contribution in [1.29, 1.82) is 0 Å². The molecular weight excluding hydrogens is 324 g/mol. The zero-order chi connectivity index (χ0) is 17.6. The van der Waals surface area contributed by atoms with Gasteiger partial charge < -0.3 is 20.3 Å². The number of halogens is 1. The highest BCUT2D eigenvalue weighted by Gasteiger charge is 2.34. The minimum atomic E-state index is 0.110. The van der Waals surface area contributed by atoms with Crippen molar-refractivity contribution in [3.8, 4) is 0 Å². The summed E-state index contributed by atoms with van der Waals surface area (Å²) in [4.78, 5) is 6.67. The summed E-state index contributed by atoms with van der Waals surface area (Å²) in [7, 11) is 6.08. The molecule has 1 aliphatic rings. The van der Waals surface area contributed by atoms with E-state index in [0.717, 1.165) is 43.6 Å². The van der Waals surface area contributed by atoms with Gasteiger partial charge in [-0.2, -0.15) is 0 Å². The molecule has 1 heterocycles. The number of hydrogen-bond donors (Lipinski definition) is 2. The summed E-state index contributed by atoms with van der Waals surface area (Å²) >= 11 is 5.96. The molecule has 134 valence electrons. The van der Waals surface area contributed by atoms with Crippen LogP contribution in [0.5, 0.6) is 0 Å². The predicted octanol–water partition coefficient (Wildman–Crippen LogP) is 2.68. The minimum Gasteiger partial charge on any atom is -0.381 e. The molecule has 0 amide bonds. The quantitative estimate of drug-likeness (QED) is 0.632. The molecule has 0 saturated carbocycles. The van der Waals surface area contributed by atoms with Crippen molar-refractivity contribution in [2.24, 2.45) is 4.99 Å². The lowest BCUT2D eigenvalue weighted by Gasteiger charge is -2.43. The summed E-state index contributed by atoms with van der Waals surface area (Å²) in [5.74, 6) is 0.810. The molecule has 0 bridgehead atoms. The minimum absolute atomic E-state index is 0.110. The van der Waals surface area contributed by atoms with Crippen molar-refractivity contribution in [3.63, 3.8) is 0 Å². The maximum atomic E-state index is 5.96. The van der Waals surface area contributed by atoms with Crippen molar-refractivity contribution >= 4 is 17.6 Å². The molecule has 0 spiro atoms. The molecule has 0 aliphatic carbocycles. The molecule has 1 aromatic carbocycles. The summed E-state index contributed by atoms with van der Waals surface area (Å²) < 4.78 is 5.53. The summed E-state index contributed by atoms with van der Waals surface area (Å²) in [6, 6.07) is 8.04. The Morgan fingerprint density at radius 1 is 1.29 bits per heavy atom. The fourth-order valence-electron chi connectivity index (χ4n) is 3.02. The van der Waals surface area contributed by atoms with Crippen LogP contribution in [0.15, 0.2) is 29.3 Å². The second kappa shape index (κ2) is 8.70. The van der Waals surface area contributed by atoms with E-state index in [4.69, 9.17) is 16.3 Å². The maximum Gasteiger partial charge on any atom is 0.191 e. The molecule has 1 aliphatic heterocycles. The Balaban J connectivity index is 1.95. The lowest BCUT2D eigenvalue weighted by atomic mass is 9.88. The predicted molar refractivity (Wildman–Crippen MR) is 101 cm³/mol. The zero-order valence-corrected chi connectivity index (χ0v) is 15.9. The summed E-state index contributed by atoms with van der Waals surface area (Å²) in [5, 5.41) is 7.68. The molecule has 6 heteroatoms. The number of nitrogens with zero attached hydrogens (tertiary/aromatic N) is 2. The van der Waals surface area contributed by atoms with E-state index in [-0.39, 0.29) is 11.6 Å². The molecule has 1 fully saturated rings. The standard InChI is InChI=1S/C18H29ClN4O/c1-14(15-5-7-16(19)8-6-15)22-17(20-2)21-13-18(23(3)4)9-11-24-12-10-18/h5-8,14H,9-13H2,1-4H3,(H2,20,21,22). The molecule has 24 heavy (non-hydrogen) atoms. The van der Waals surface area contributed by atoms with Gasteiger partial charge in [-0.25, -0.2) is 0 Å². The van der Waals surface area contributed by atoms with Gasteiger partial charge in [0.2, 0.25) is 0 Å². The second-order valence-electron chi connectivity index (χ2n) is 6.57. The number of aliphatic imine (C=N–C) groups is 1. The van der Waals surface area contributed by atoms with Gasteiger partial charge in [-0.3, -0.25) is 4.99 Å². The average molecular weight is 353 g/mol. The van der Waals surface area contributed by atoms with Gasteiger partial charge in [0, 0.05) is 37.4 Å². The first-order chi connectivity index (χ1) is 11.5. The van der Waals surface area contributed by atoms with Gasteiger partial charge in [0.25, 0.3) is 0 Å². The number of ether oxygens (including phenoxy) is 1. The van der Waals surface area contributed by atoms with Crippen molar-refractivity contribution in [3.05, 3.63) is 34.9 Å².